The summed E-state index contributed by atoms with van der Waals surface area (Å²) in [7, 11) is 0. The Morgan fingerprint density at radius 3 is 2.70 bits per heavy atom. The second-order valence-corrected chi connectivity index (χ2v) is 9.03. The minimum Gasteiger partial charge on any atom is -0.464 e. The van der Waals surface area contributed by atoms with Gasteiger partial charge in [0.15, 0.2) is 8.68 Å². The standard InChI is InChI=1S/C15H19N3O2S3/c1-3-21-14-16-17-15(23-14)22-9-13(19)18(11-5-6-11)8-12-7-4-10(2)20-12/h4,7,11H,3,5-6,8-9H2,1-2H3. The van der Waals surface area contributed by atoms with E-state index >= 15 is 0 Å². The van der Waals surface area contributed by atoms with E-state index in [1.807, 2.05) is 24.0 Å². The molecule has 1 aliphatic rings. The largest absolute Gasteiger partial charge is 0.464 e. The topological polar surface area (TPSA) is 59.2 Å². The van der Waals surface area contributed by atoms with E-state index in [9.17, 15) is 4.79 Å². The zero-order chi connectivity index (χ0) is 16.2. The van der Waals surface area contributed by atoms with Gasteiger partial charge in [0.1, 0.15) is 11.5 Å². The number of aromatic nitrogens is 2. The summed E-state index contributed by atoms with van der Waals surface area (Å²) in [6.07, 6.45) is 2.18. The van der Waals surface area contributed by atoms with Gasteiger partial charge in [-0.3, -0.25) is 4.79 Å². The van der Waals surface area contributed by atoms with Gasteiger partial charge in [0.2, 0.25) is 5.91 Å². The van der Waals surface area contributed by atoms with Gasteiger partial charge in [0.25, 0.3) is 0 Å². The minimum absolute atomic E-state index is 0.145. The summed E-state index contributed by atoms with van der Waals surface area (Å²) in [6, 6.07) is 4.26. The van der Waals surface area contributed by atoms with Crippen molar-refractivity contribution in [2.24, 2.45) is 0 Å². The van der Waals surface area contributed by atoms with E-state index in [-0.39, 0.29) is 5.91 Å². The number of furan rings is 1. The predicted octanol–water partition coefficient (Wildman–Crippen LogP) is 3.83. The Hall–Kier alpha value is -0.990. The fourth-order valence-electron chi connectivity index (χ4n) is 2.19. The summed E-state index contributed by atoms with van der Waals surface area (Å²) in [4.78, 5) is 14.5. The molecule has 23 heavy (non-hydrogen) atoms. The molecule has 2 aromatic rings. The number of nitrogens with zero attached hydrogens (tertiary/aromatic N) is 3. The fraction of sp³-hybridized carbons (Fsp3) is 0.533. The lowest BCUT2D eigenvalue weighted by Gasteiger charge is -2.20. The number of hydrogen-bond donors (Lipinski definition) is 0. The highest BCUT2D eigenvalue weighted by Crippen LogP contribution is 2.32. The maximum absolute atomic E-state index is 12.6. The maximum atomic E-state index is 12.6. The van der Waals surface area contributed by atoms with Crippen LogP contribution in [-0.2, 0) is 11.3 Å². The van der Waals surface area contributed by atoms with Gasteiger partial charge < -0.3 is 9.32 Å². The van der Waals surface area contributed by atoms with Crippen molar-refractivity contribution in [3.63, 3.8) is 0 Å². The first-order chi connectivity index (χ1) is 11.2. The van der Waals surface area contributed by atoms with Crippen LogP contribution in [0.1, 0.15) is 31.3 Å². The first-order valence-corrected chi connectivity index (χ1v) is 10.4. The Bertz CT molecular complexity index is 666. The SMILES string of the molecule is CCSc1nnc(SCC(=O)N(Cc2ccc(C)o2)C2CC2)s1. The molecule has 2 heterocycles. The molecule has 1 aliphatic carbocycles. The highest BCUT2D eigenvalue weighted by molar-refractivity contribution is 8.03. The molecule has 0 atom stereocenters. The van der Waals surface area contributed by atoms with Crippen LogP contribution in [0.4, 0.5) is 0 Å². The number of hydrogen-bond acceptors (Lipinski definition) is 7. The number of carbonyl (C=O) groups excluding carboxylic acids is 1. The maximum Gasteiger partial charge on any atom is 0.233 e. The van der Waals surface area contributed by atoms with Gasteiger partial charge in [0.05, 0.1) is 12.3 Å². The monoisotopic (exact) mass is 369 g/mol. The van der Waals surface area contributed by atoms with E-state index in [1.54, 1.807) is 23.1 Å². The zero-order valence-electron chi connectivity index (χ0n) is 13.2. The fourth-order valence-corrected chi connectivity index (χ4v) is 4.99. The molecule has 0 radical (unpaired) electrons. The lowest BCUT2D eigenvalue weighted by Crippen LogP contribution is -2.33. The van der Waals surface area contributed by atoms with Crippen LogP contribution >= 0.6 is 34.9 Å². The summed E-state index contributed by atoms with van der Waals surface area (Å²) >= 11 is 4.71. The quantitative estimate of drug-likeness (QED) is 0.659. The molecular weight excluding hydrogens is 350 g/mol. The lowest BCUT2D eigenvalue weighted by atomic mass is 10.3. The van der Waals surface area contributed by atoms with Gasteiger partial charge in [-0.05, 0) is 37.7 Å². The van der Waals surface area contributed by atoms with Gasteiger partial charge in [-0.25, -0.2) is 0 Å². The highest BCUT2D eigenvalue weighted by atomic mass is 32.2. The summed E-state index contributed by atoms with van der Waals surface area (Å²) < 4.78 is 7.44. The summed E-state index contributed by atoms with van der Waals surface area (Å²) in [5.74, 6) is 3.27. The van der Waals surface area contributed by atoms with E-state index in [0.717, 1.165) is 38.8 Å². The van der Waals surface area contributed by atoms with Crippen molar-refractivity contribution in [1.29, 1.82) is 0 Å². The Kier molecular flexibility index (Phi) is 5.66. The van der Waals surface area contributed by atoms with Crippen molar-refractivity contribution in [2.75, 3.05) is 11.5 Å². The van der Waals surface area contributed by atoms with E-state index in [2.05, 4.69) is 17.1 Å². The van der Waals surface area contributed by atoms with Gasteiger partial charge >= 0.3 is 0 Å². The number of thioether (sulfide) groups is 2. The lowest BCUT2D eigenvalue weighted by molar-refractivity contribution is -0.129. The van der Waals surface area contributed by atoms with Crippen molar-refractivity contribution in [1.82, 2.24) is 15.1 Å². The zero-order valence-corrected chi connectivity index (χ0v) is 15.6. The first-order valence-electron chi connectivity index (χ1n) is 7.59. The molecular formula is C15H19N3O2S3. The molecule has 3 rings (SSSR count). The molecule has 1 fully saturated rings. The number of amides is 1. The van der Waals surface area contributed by atoms with Crippen LogP contribution in [0, 0.1) is 6.92 Å². The molecule has 0 saturated heterocycles. The first kappa shape index (κ1) is 16.9. The van der Waals surface area contributed by atoms with Crippen molar-refractivity contribution in [3.8, 4) is 0 Å². The van der Waals surface area contributed by atoms with E-state index < -0.39 is 0 Å². The van der Waals surface area contributed by atoms with Gasteiger partial charge in [-0.1, -0.05) is 41.8 Å². The summed E-state index contributed by atoms with van der Waals surface area (Å²) in [5, 5.41) is 8.25. The molecule has 0 aliphatic heterocycles. The third-order valence-corrected chi connectivity index (χ3v) is 6.46. The molecule has 8 heteroatoms. The van der Waals surface area contributed by atoms with E-state index in [1.165, 1.54) is 11.8 Å². The minimum atomic E-state index is 0.145. The predicted molar refractivity (Wildman–Crippen MR) is 94.0 cm³/mol. The Balaban J connectivity index is 1.55. The third-order valence-electron chi connectivity index (χ3n) is 3.41. The number of rotatable bonds is 8. The smallest absolute Gasteiger partial charge is 0.233 e. The second-order valence-electron chi connectivity index (χ2n) is 5.32. The van der Waals surface area contributed by atoms with Gasteiger partial charge in [-0.2, -0.15) is 0 Å². The van der Waals surface area contributed by atoms with Gasteiger partial charge in [-0.15, -0.1) is 10.2 Å². The van der Waals surface area contributed by atoms with Crippen LogP contribution in [0.5, 0.6) is 0 Å². The molecule has 0 aromatic carbocycles. The molecule has 5 nitrogen and oxygen atoms in total. The Morgan fingerprint density at radius 1 is 1.35 bits per heavy atom. The Morgan fingerprint density at radius 2 is 2.09 bits per heavy atom. The molecule has 2 aromatic heterocycles. The van der Waals surface area contributed by atoms with E-state index in [4.69, 9.17) is 4.42 Å². The number of carbonyl (C=O) groups is 1. The average Bonchev–Trinajstić information content (AvgIpc) is 3.14. The normalized spacial score (nSPS) is 14.2. The molecule has 0 bridgehead atoms. The summed E-state index contributed by atoms with van der Waals surface area (Å²) in [5.41, 5.74) is 0. The molecule has 0 spiro atoms. The van der Waals surface area contributed by atoms with Crippen LogP contribution in [0.15, 0.2) is 25.2 Å². The molecule has 1 saturated carbocycles. The van der Waals surface area contributed by atoms with Crippen LogP contribution in [-0.4, -0.2) is 38.6 Å². The average molecular weight is 370 g/mol. The van der Waals surface area contributed by atoms with Crippen LogP contribution in [0.2, 0.25) is 0 Å². The molecule has 0 N–H and O–H groups in total. The van der Waals surface area contributed by atoms with Crippen molar-refractivity contribution < 1.29 is 9.21 Å². The Labute approximate surface area is 148 Å². The van der Waals surface area contributed by atoms with E-state index in [0.29, 0.717) is 18.3 Å². The number of aryl methyl sites for hydroxylation is 1. The van der Waals surface area contributed by atoms with Crippen LogP contribution in [0.3, 0.4) is 0 Å². The molecule has 1 amide bonds. The molecule has 0 unspecified atom stereocenters. The second kappa shape index (κ2) is 7.72. The highest BCUT2D eigenvalue weighted by Gasteiger charge is 2.33. The third kappa shape index (κ3) is 4.74. The van der Waals surface area contributed by atoms with Crippen molar-refractivity contribution in [2.45, 2.75) is 48.0 Å². The molecule has 124 valence electrons. The van der Waals surface area contributed by atoms with Gasteiger partial charge in [0, 0.05) is 6.04 Å². The van der Waals surface area contributed by atoms with Crippen molar-refractivity contribution >= 4 is 40.8 Å². The van der Waals surface area contributed by atoms with Crippen LogP contribution in [0.25, 0.3) is 0 Å². The van der Waals surface area contributed by atoms with Crippen molar-refractivity contribution in [3.05, 3.63) is 23.7 Å². The summed E-state index contributed by atoms with van der Waals surface area (Å²) in [6.45, 7) is 4.57. The van der Waals surface area contributed by atoms with Crippen LogP contribution < -0.4 is 0 Å².